The zero-order valence-electron chi connectivity index (χ0n) is 16.8. The average Bonchev–Trinajstić information content (AvgIpc) is 3.47. The van der Waals surface area contributed by atoms with E-state index in [4.69, 9.17) is 4.74 Å². The number of esters is 1. The minimum atomic E-state index is -0.444. The van der Waals surface area contributed by atoms with Gasteiger partial charge in [0.25, 0.3) is 0 Å². The number of nitrogens with one attached hydrogen (secondary N) is 1. The normalized spacial score (nSPS) is 20.7. The van der Waals surface area contributed by atoms with E-state index in [1.54, 1.807) is 12.5 Å². The molecule has 5 rings (SSSR count). The van der Waals surface area contributed by atoms with Crippen molar-refractivity contribution < 1.29 is 14.3 Å². The molecule has 156 valence electrons. The first-order valence-electron chi connectivity index (χ1n) is 10.5. The first kappa shape index (κ1) is 18.8. The third-order valence-corrected chi connectivity index (χ3v) is 6.39. The maximum absolute atomic E-state index is 12.7. The Morgan fingerprint density at radius 2 is 2.10 bits per heavy atom. The molecule has 3 aromatic rings. The van der Waals surface area contributed by atoms with E-state index in [0.29, 0.717) is 51.7 Å². The zero-order valence-corrected chi connectivity index (χ0v) is 16.8. The number of carbonyl (C=O) groups is 2. The molecule has 8 heteroatoms. The van der Waals surface area contributed by atoms with Crippen molar-refractivity contribution in [3.63, 3.8) is 0 Å². The number of para-hydroxylation sites is 2. The number of nitrogens with zero attached hydrogens (tertiary/aromatic N) is 4. The van der Waals surface area contributed by atoms with Crippen LogP contribution in [-0.4, -0.2) is 55.5 Å². The number of aromatic amines is 1. The first-order valence-corrected chi connectivity index (χ1v) is 10.5. The van der Waals surface area contributed by atoms with Crippen LogP contribution in [0.4, 0.5) is 0 Å². The standard InChI is InChI=1S/C22H25N5O3/c28-20(6-5-19-24-17-3-1-2-4-18(17)25-19)27-10-7-22(8-11-27)13-16(30-21(22)29)14-26-12-9-23-15-26/h1-4,9,12,15-16H,5-8,10-11,13-14H2,(H,24,25). The highest BCUT2D eigenvalue weighted by molar-refractivity contribution is 5.81. The zero-order chi connectivity index (χ0) is 20.6. The Morgan fingerprint density at radius 3 is 2.87 bits per heavy atom. The second-order valence-electron chi connectivity index (χ2n) is 8.35. The van der Waals surface area contributed by atoms with Crippen LogP contribution in [0.15, 0.2) is 43.0 Å². The summed E-state index contributed by atoms with van der Waals surface area (Å²) in [4.78, 5) is 39.0. The lowest BCUT2D eigenvalue weighted by molar-refractivity contribution is -0.152. The summed E-state index contributed by atoms with van der Waals surface area (Å²) >= 11 is 0. The van der Waals surface area contributed by atoms with E-state index in [2.05, 4.69) is 15.0 Å². The number of amides is 1. The number of aryl methyl sites for hydroxylation is 1. The van der Waals surface area contributed by atoms with E-state index in [0.717, 1.165) is 16.9 Å². The van der Waals surface area contributed by atoms with Gasteiger partial charge in [-0.2, -0.15) is 0 Å². The van der Waals surface area contributed by atoms with Crippen LogP contribution in [-0.2, 0) is 27.3 Å². The van der Waals surface area contributed by atoms with Crippen molar-refractivity contribution in [2.45, 2.75) is 44.8 Å². The monoisotopic (exact) mass is 407 g/mol. The summed E-state index contributed by atoms with van der Waals surface area (Å²) < 4.78 is 7.59. The number of benzene rings is 1. The van der Waals surface area contributed by atoms with E-state index in [9.17, 15) is 9.59 Å². The topological polar surface area (TPSA) is 93.1 Å². The Morgan fingerprint density at radius 1 is 1.27 bits per heavy atom. The highest BCUT2D eigenvalue weighted by Crippen LogP contribution is 2.43. The lowest BCUT2D eigenvalue weighted by atomic mass is 9.76. The maximum Gasteiger partial charge on any atom is 0.312 e. The largest absolute Gasteiger partial charge is 0.460 e. The molecule has 1 atom stereocenters. The number of hydrogen-bond donors (Lipinski definition) is 1. The fourth-order valence-electron chi connectivity index (χ4n) is 4.67. The third kappa shape index (κ3) is 3.58. The second-order valence-corrected chi connectivity index (χ2v) is 8.35. The molecule has 2 saturated heterocycles. The Balaban J connectivity index is 1.14. The van der Waals surface area contributed by atoms with Gasteiger partial charge in [-0.05, 0) is 25.0 Å². The highest BCUT2D eigenvalue weighted by atomic mass is 16.6. The number of piperidine rings is 1. The van der Waals surface area contributed by atoms with Crippen LogP contribution in [0, 0.1) is 5.41 Å². The van der Waals surface area contributed by atoms with E-state index in [1.807, 2.05) is 39.9 Å². The van der Waals surface area contributed by atoms with Crippen LogP contribution in [0.5, 0.6) is 0 Å². The predicted octanol–water partition coefficient (Wildman–Crippen LogP) is 2.32. The number of ether oxygens (including phenoxy) is 1. The molecule has 0 radical (unpaired) electrons. The molecule has 1 amide bonds. The Bertz CT molecular complexity index is 1020. The molecule has 1 aromatic carbocycles. The van der Waals surface area contributed by atoms with Gasteiger partial charge in [0.2, 0.25) is 5.91 Å². The van der Waals surface area contributed by atoms with Crippen LogP contribution >= 0.6 is 0 Å². The molecule has 8 nitrogen and oxygen atoms in total. The minimum Gasteiger partial charge on any atom is -0.460 e. The van der Waals surface area contributed by atoms with E-state index < -0.39 is 5.41 Å². The molecular weight excluding hydrogens is 382 g/mol. The summed E-state index contributed by atoms with van der Waals surface area (Å²) in [6.45, 7) is 1.84. The molecule has 2 aromatic heterocycles. The molecule has 2 aliphatic rings. The number of cyclic esters (lactones) is 1. The molecule has 0 saturated carbocycles. The van der Waals surface area contributed by atoms with Crippen LogP contribution in [0.1, 0.15) is 31.5 Å². The van der Waals surface area contributed by atoms with Gasteiger partial charge in [-0.3, -0.25) is 9.59 Å². The third-order valence-electron chi connectivity index (χ3n) is 6.39. The molecule has 4 heterocycles. The maximum atomic E-state index is 12.7. The number of hydrogen-bond acceptors (Lipinski definition) is 5. The molecule has 1 spiro atoms. The summed E-state index contributed by atoms with van der Waals surface area (Å²) in [6.07, 6.45) is 8.27. The van der Waals surface area contributed by atoms with Crippen molar-refractivity contribution in [3.8, 4) is 0 Å². The van der Waals surface area contributed by atoms with Gasteiger partial charge in [0.15, 0.2) is 0 Å². The molecular formula is C22H25N5O3. The van der Waals surface area contributed by atoms with Gasteiger partial charge in [-0.15, -0.1) is 0 Å². The molecule has 0 bridgehead atoms. The summed E-state index contributed by atoms with van der Waals surface area (Å²) in [5, 5.41) is 0. The number of carbonyl (C=O) groups excluding carboxylic acids is 2. The summed E-state index contributed by atoms with van der Waals surface area (Å²) in [5.41, 5.74) is 1.47. The first-order chi connectivity index (χ1) is 14.6. The quantitative estimate of drug-likeness (QED) is 0.655. The number of aromatic nitrogens is 4. The molecule has 1 N–H and O–H groups in total. The molecule has 2 aliphatic heterocycles. The van der Waals surface area contributed by atoms with Gasteiger partial charge in [0.1, 0.15) is 11.9 Å². The van der Waals surface area contributed by atoms with E-state index >= 15 is 0 Å². The van der Waals surface area contributed by atoms with Gasteiger partial charge in [0, 0.05) is 44.7 Å². The van der Waals surface area contributed by atoms with Crippen LogP contribution in [0.3, 0.4) is 0 Å². The van der Waals surface area contributed by atoms with Crippen molar-refractivity contribution in [1.29, 1.82) is 0 Å². The number of imidazole rings is 2. The van der Waals surface area contributed by atoms with Crippen molar-refractivity contribution in [2.75, 3.05) is 13.1 Å². The number of rotatable bonds is 5. The summed E-state index contributed by atoms with van der Waals surface area (Å²) in [6, 6.07) is 7.86. The van der Waals surface area contributed by atoms with Gasteiger partial charge >= 0.3 is 5.97 Å². The number of H-pyrrole nitrogens is 1. The fraction of sp³-hybridized carbons (Fsp3) is 0.455. The molecule has 1 unspecified atom stereocenters. The fourth-order valence-corrected chi connectivity index (χ4v) is 4.67. The number of likely N-dealkylation sites (tertiary alicyclic amines) is 1. The smallest absolute Gasteiger partial charge is 0.312 e. The van der Waals surface area contributed by atoms with Crippen LogP contribution < -0.4 is 0 Å². The van der Waals surface area contributed by atoms with Gasteiger partial charge in [-0.1, -0.05) is 12.1 Å². The SMILES string of the molecule is O=C(CCc1nc2ccccc2[nH]1)N1CCC2(CC1)CC(Cn1ccnc1)OC2=O. The van der Waals surface area contributed by atoms with Crippen molar-refractivity contribution in [1.82, 2.24) is 24.4 Å². The summed E-state index contributed by atoms with van der Waals surface area (Å²) in [7, 11) is 0. The van der Waals surface area contributed by atoms with E-state index in [1.165, 1.54) is 0 Å². The Labute approximate surface area is 174 Å². The number of fused-ring (bicyclic) bond motifs is 1. The lowest BCUT2D eigenvalue weighted by Crippen LogP contribution is -2.45. The summed E-state index contributed by atoms with van der Waals surface area (Å²) in [5.74, 6) is 0.841. The minimum absolute atomic E-state index is 0.109. The van der Waals surface area contributed by atoms with Crippen molar-refractivity contribution >= 4 is 22.9 Å². The van der Waals surface area contributed by atoms with Gasteiger partial charge in [0.05, 0.1) is 29.3 Å². The molecule has 30 heavy (non-hydrogen) atoms. The highest BCUT2D eigenvalue weighted by Gasteiger charge is 2.50. The second kappa shape index (κ2) is 7.59. The molecule has 0 aliphatic carbocycles. The Kier molecular flexibility index (Phi) is 4.77. The van der Waals surface area contributed by atoms with Gasteiger partial charge < -0.3 is 19.2 Å². The van der Waals surface area contributed by atoms with E-state index in [-0.39, 0.29) is 18.0 Å². The van der Waals surface area contributed by atoms with Crippen LogP contribution in [0.25, 0.3) is 11.0 Å². The molecule has 2 fully saturated rings. The predicted molar refractivity (Wildman–Crippen MR) is 109 cm³/mol. The van der Waals surface area contributed by atoms with Gasteiger partial charge in [-0.25, -0.2) is 9.97 Å². The lowest BCUT2D eigenvalue weighted by Gasteiger charge is -2.36. The van der Waals surface area contributed by atoms with Crippen molar-refractivity contribution in [2.24, 2.45) is 5.41 Å². The Hall–Kier alpha value is -3.16. The average molecular weight is 407 g/mol. The van der Waals surface area contributed by atoms with Crippen LogP contribution in [0.2, 0.25) is 0 Å². The van der Waals surface area contributed by atoms with Crippen molar-refractivity contribution in [3.05, 3.63) is 48.8 Å².